The number of carbonyl (C=O) groups is 2. The number of carbonyl (C=O) groups excluding carboxylic acids is 2. The van der Waals surface area contributed by atoms with E-state index in [0.29, 0.717) is 21.9 Å². The Labute approximate surface area is 246 Å². The predicted octanol–water partition coefficient (Wildman–Crippen LogP) is 3.95. The van der Waals surface area contributed by atoms with Crippen molar-refractivity contribution in [3.63, 3.8) is 0 Å². The van der Waals surface area contributed by atoms with Crippen molar-refractivity contribution in [1.29, 1.82) is 0 Å². The van der Waals surface area contributed by atoms with Gasteiger partial charge in [-0.3, -0.25) is 24.7 Å². The number of halogens is 6. The number of alkyl halides is 3. The minimum absolute atomic E-state index is 0.0430. The third-order valence-electron chi connectivity index (χ3n) is 6.92. The van der Waals surface area contributed by atoms with Gasteiger partial charge in [0.1, 0.15) is 29.7 Å². The predicted molar refractivity (Wildman–Crippen MR) is 145 cm³/mol. The number of aromatic nitrogens is 3. The van der Waals surface area contributed by atoms with E-state index in [1.807, 2.05) is 0 Å². The number of hydrazine groups is 1. The molecule has 3 heterocycles. The second-order valence-corrected chi connectivity index (χ2v) is 9.97. The van der Waals surface area contributed by atoms with Crippen LogP contribution < -0.4 is 21.5 Å². The molecule has 2 aromatic carbocycles. The highest BCUT2D eigenvalue weighted by Crippen LogP contribution is 2.35. The van der Waals surface area contributed by atoms with E-state index in [4.69, 9.17) is 0 Å². The van der Waals surface area contributed by atoms with Crippen LogP contribution in [-0.4, -0.2) is 33.6 Å². The Bertz CT molecular complexity index is 1700. The highest BCUT2D eigenvalue weighted by Gasteiger charge is 2.41. The van der Waals surface area contributed by atoms with Crippen LogP contribution in [0, 0.1) is 17.5 Å². The molecule has 0 aliphatic carbocycles. The summed E-state index contributed by atoms with van der Waals surface area (Å²) in [6.07, 6.45) is -3.61. The lowest BCUT2D eigenvalue weighted by Crippen LogP contribution is -2.35. The van der Waals surface area contributed by atoms with Gasteiger partial charge in [0, 0.05) is 43.5 Å². The summed E-state index contributed by atoms with van der Waals surface area (Å²) in [5, 5.41) is 9.41. The number of pyridine rings is 1. The molecule has 0 radical (unpaired) electrons. The number of hydrogen-bond acceptors (Lipinski definition) is 6. The first-order chi connectivity index (χ1) is 20.9. The second kappa shape index (κ2) is 12.5. The molecule has 2 amide bonds. The standard InChI is InChI=1S/C29H25F6N7O2/c1-36-40-28(44)20-10-16(4-5-22(20)32)19-3-2-6-38-26(19)23(9-15-7-17(30)11-18(31)8-15)39-25(43)14-42-27(29(33,34)35)21-12-37-13-24(21)41-42/h2-8,10-11,23,36-37H,9,12-14H2,1H3,(H,39,43)(H,40,44)/t23-/m0/s1. The van der Waals surface area contributed by atoms with Crippen LogP contribution in [0.1, 0.15) is 44.6 Å². The molecule has 0 spiro atoms. The number of nitrogens with zero attached hydrogens (tertiary/aromatic N) is 3. The average molecular weight is 618 g/mol. The van der Waals surface area contributed by atoms with Crippen molar-refractivity contribution in [3.8, 4) is 11.1 Å². The maximum absolute atomic E-state index is 14.5. The van der Waals surface area contributed by atoms with Gasteiger partial charge in [0.2, 0.25) is 5.91 Å². The molecule has 9 nitrogen and oxygen atoms in total. The largest absolute Gasteiger partial charge is 0.433 e. The van der Waals surface area contributed by atoms with Crippen molar-refractivity contribution in [2.75, 3.05) is 7.05 Å². The molecule has 0 saturated heterocycles. The zero-order valence-corrected chi connectivity index (χ0v) is 23.0. The molecule has 1 aliphatic heterocycles. The summed E-state index contributed by atoms with van der Waals surface area (Å²) in [7, 11) is 1.42. The number of amides is 2. The fourth-order valence-corrected chi connectivity index (χ4v) is 5.16. The maximum Gasteiger partial charge on any atom is 0.433 e. The Morgan fingerprint density at radius 2 is 1.80 bits per heavy atom. The van der Waals surface area contributed by atoms with Gasteiger partial charge >= 0.3 is 6.18 Å². The molecule has 5 rings (SSSR count). The highest BCUT2D eigenvalue weighted by molar-refractivity contribution is 5.95. The Hall–Kier alpha value is -4.76. The minimum Gasteiger partial charge on any atom is -0.346 e. The second-order valence-electron chi connectivity index (χ2n) is 9.97. The quantitative estimate of drug-likeness (QED) is 0.167. The van der Waals surface area contributed by atoms with Gasteiger partial charge < -0.3 is 10.6 Å². The van der Waals surface area contributed by atoms with Crippen molar-refractivity contribution < 1.29 is 35.9 Å². The van der Waals surface area contributed by atoms with Gasteiger partial charge in [0.15, 0.2) is 0 Å². The summed E-state index contributed by atoms with van der Waals surface area (Å²) in [5.74, 6) is -4.21. The van der Waals surface area contributed by atoms with Gasteiger partial charge in [-0.2, -0.15) is 18.3 Å². The van der Waals surface area contributed by atoms with E-state index in [1.54, 1.807) is 12.1 Å². The monoisotopic (exact) mass is 617 g/mol. The Morgan fingerprint density at radius 1 is 1.05 bits per heavy atom. The molecule has 4 N–H and O–H groups in total. The molecule has 1 atom stereocenters. The molecule has 0 saturated carbocycles. The van der Waals surface area contributed by atoms with Crippen molar-refractivity contribution in [2.24, 2.45) is 0 Å². The fraction of sp³-hybridized carbons (Fsp3) is 0.241. The molecule has 230 valence electrons. The van der Waals surface area contributed by atoms with Crippen molar-refractivity contribution >= 4 is 11.8 Å². The van der Waals surface area contributed by atoms with E-state index in [-0.39, 0.29) is 47.6 Å². The first-order valence-corrected chi connectivity index (χ1v) is 13.3. The lowest BCUT2D eigenvalue weighted by atomic mass is 9.94. The lowest BCUT2D eigenvalue weighted by molar-refractivity contribution is -0.145. The van der Waals surface area contributed by atoms with Crippen LogP contribution in [0.4, 0.5) is 26.3 Å². The third kappa shape index (κ3) is 6.58. The molecular formula is C29H25F6N7O2. The summed E-state index contributed by atoms with van der Waals surface area (Å²) in [5.41, 5.74) is 4.39. The minimum atomic E-state index is -4.78. The average Bonchev–Trinajstić information content (AvgIpc) is 3.53. The van der Waals surface area contributed by atoms with Gasteiger partial charge in [0.05, 0.1) is 23.0 Å². The number of rotatable bonds is 9. The molecule has 0 bridgehead atoms. The fourth-order valence-electron chi connectivity index (χ4n) is 5.16. The van der Waals surface area contributed by atoms with E-state index in [9.17, 15) is 35.9 Å². The first kappa shape index (κ1) is 30.7. The molecule has 15 heteroatoms. The molecular weight excluding hydrogens is 592 g/mol. The number of nitrogens with one attached hydrogen (secondary N) is 4. The van der Waals surface area contributed by atoms with Crippen molar-refractivity contribution in [2.45, 2.75) is 38.3 Å². The molecule has 2 aromatic heterocycles. The van der Waals surface area contributed by atoms with Gasteiger partial charge in [-0.15, -0.1) is 0 Å². The van der Waals surface area contributed by atoms with E-state index in [0.717, 1.165) is 18.2 Å². The van der Waals surface area contributed by atoms with Crippen molar-refractivity contribution in [3.05, 3.63) is 106 Å². The smallest absolute Gasteiger partial charge is 0.346 e. The molecule has 44 heavy (non-hydrogen) atoms. The van der Waals surface area contributed by atoms with Crippen LogP contribution in [0.2, 0.25) is 0 Å². The van der Waals surface area contributed by atoms with Gasteiger partial charge in [-0.1, -0.05) is 12.1 Å². The van der Waals surface area contributed by atoms with Gasteiger partial charge in [-0.05, 0) is 47.9 Å². The summed E-state index contributed by atoms with van der Waals surface area (Å²) >= 11 is 0. The topological polar surface area (TPSA) is 113 Å². The van der Waals surface area contributed by atoms with Crippen LogP contribution in [0.15, 0.2) is 54.7 Å². The zero-order chi connectivity index (χ0) is 31.6. The van der Waals surface area contributed by atoms with E-state index < -0.39 is 53.7 Å². The molecule has 4 aromatic rings. The Kier molecular flexibility index (Phi) is 8.69. The van der Waals surface area contributed by atoms with Crippen LogP contribution >= 0.6 is 0 Å². The van der Waals surface area contributed by atoms with Crippen LogP contribution in [0.25, 0.3) is 11.1 Å². The van der Waals surface area contributed by atoms with Crippen LogP contribution in [0.5, 0.6) is 0 Å². The van der Waals surface area contributed by atoms with E-state index in [2.05, 4.69) is 31.6 Å². The summed E-state index contributed by atoms with van der Waals surface area (Å²) in [6, 6.07) is 8.47. The lowest BCUT2D eigenvalue weighted by Gasteiger charge is -2.22. The number of benzene rings is 2. The Balaban J connectivity index is 1.53. The number of hydrogen-bond donors (Lipinski definition) is 4. The van der Waals surface area contributed by atoms with E-state index in [1.165, 1.54) is 25.4 Å². The SMILES string of the molecule is CNNC(=O)c1cc(-c2cccnc2[C@H](Cc2cc(F)cc(F)c2)NC(=O)Cn2nc3c(c2C(F)(F)F)CNC3)ccc1F. The first-order valence-electron chi connectivity index (χ1n) is 13.3. The molecule has 0 unspecified atom stereocenters. The zero-order valence-electron chi connectivity index (χ0n) is 23.0. The third-order valence-corrected chi connectivity index (χ3v) is 6.92. The Morgan fingerprint density at radius 3 is 2.50 bits per heavy atom. The van der Waals surface area contributed by atoms with Crippen LogP contribution in [-0.2, 0) is 37.0 Å². The van der Waals surface area contributed by atoms with Gasteiger partial charge in [-0.25, -0.2) is 18.6 Å². The molecule has 0 fully saturated rings. The highest BCUT2D eigenvalue weighted by atomic mass is 19.4. The van der Waals surface area contributed by atoms with E-state index >= 15 is 0 Å². The van der Waals surface area contributed by atoms with Crippen LogP contribution in [0.3, 0.4) is 0 Å². The van der Waals surface area contributed by atoms with Crippen molar-refractivity contribution in [1.82, 2.24) is 36.2 Å². The number of fused-ring (bicyclic) bond motifs is 1. The summed E-state index contributed by atoms with van der Waals surface area (Å²) in [4.78, 5) is 30.1. The molecule has 1 aliphatic rings. The van der Waals surface area contributed by atoms with Gasteiger partial charge in [0.25, 0.3) is 5.91 Å². The maximum atomic E-state index is 14.5. The summed E-state index contributed by atoms with van der Waals surface area (Å²) < 4.78 is 85.0. The normalized spacial score (nSPS) is 13.4. The summed E-state index contributed by atoms with van der Waals surface area (Å²) in [6.45, 7) is -0.740.